The third-order valence-electron chi connectivity index (χ3n) is 6.27. The standard InChI is InChI=1S/C30H21Cl2N3S/c31-21-12-10-20(11-13-21)28-24(19-6-2-1-3-7-19)18-25(33)29(35(28)23-16-14-22(32)15-17-23)30-34-26-8-4-5-9-27(26)36-30/h1-18,28H,33H2. The van der Waals surface area contributed by atoms with Gasteiger partial charge in [0.15, 0.2) is 0 Å². The Morgan fingerprint density at radius 1 is 0.750 bits per heavy atom. The second-order valence-corrected chi connectivity index (χ2v) is 10.5. The van der Waals surface area contributed by atoms with E-state index in [2.05, 4.69) is 41.3 Å². The number of anilines is 1. The highest BCUT2D eigenvalue weighted by Gasteiger charge is 2.35. The number of hydrogen-bond donors (Lipinski definition) is 1. The third-order valence-corrected chi connectivity index (χ3v) is 7.82. The summed E-state index contributed by atoms with van der Waals surface area (Å²) in [6.45, 7) is 0. The molecule has 0 radical (unpaired) electrons. The van der Waals surface area contributed by atoms with Gasteiger partial charge in [0.05, 0.1) is 22.0 Å². The molecule has 2 heterocycles. The Labute approximate surface area is 223 Å². The van der Waals surface area contributed by atoms with Crippen LogP contribution in [0.25, 0.3) is 21.5 Å². The number of benzene rings is 4. The number of para-hydroxylation sites is 1. The SMILES string of the molecule is NC1=C(c2nc3ccccc3s2)N(c2ccc(Cl)cc2)C(c2ccc(Cl)cc2)C(c2ccccc2)=C1. The fourth-order valence-corrected chi connectivity index (χ4v) is 5.93. The highest BCUT2D eigenvalue weighted by molar-refractivity contribution is 7.19. The molecule has 5 aromatic rings. The zero-order valence-corrected chi connectivity index (χ0v) is 21.4. The molecule has 3 nitrogen and oxygen atoms in total. The summed E-state index contributed by atoms with van der Waals surface area (Å²) in [5.74, 6) is 0. The third kappa shape index (κ3) is 4.18. The van der Waals surface area contributed by atoms with Gasteiger partial charge in [-0.25, -0.2) is 4.98 Å². The summed E-state index contributed by atoms with van der Waals surface area (Å²) in [4.78, 5) is 7.26. The van der Waals surface area contributed by atoms with Gasteiger partial charge in [0.2, 0.25) is 0 Å². The molecule has 0 spiro atoms. The Bertz CT molecular complexity index is 1570. The molecule has 0 bridgehead atoms. The fraction of sp³-hybridized carbons (Fsp3) is 0.0333. The maximum atomic E-state index is 6.86. The fourth-order valence-electron chi connectivity index (χ4n) is 4.65. The van der Waals surface area contributed by atoms with Crippen molar-refractivity contribution in [2.45, 2.75) is 6.04 Å². The van der Waals surface area contributed by atoms with E-state index in [-0.39, 0.29) is 6.04 Å². The zero-order valence-electron chi connectivity index (χ0n) is 19.1. The molecule has 1 aliphatic rings. The molecular formula is C30H21Cl2N3S. The van der Waals surface area contributed by atoms with E-state index in [0.29, 0.717) is 15.7 Å². The van der Waals surface area contributed by atoms with E-state index >= 15 is 0 Å². The monoisotopic (exact) mass is 525 g/mol. The van der Waals surface area contributed by atoms with Crippen molar-refractivity contribution >= 4 is 61.7 Å². The van der Waals surface area contributed by atoms with E-state index in [0.717, 1.165) is 43.3 Å². The molecule has 176 valence electrons. The summed E-state index contributed by atoms with van der Waals surface area (Å²) in [5, 5.41) is 2.24. The van der Waals surface area contributed by atoms with Crippen molar-refractivity contribution in [3.05, 3.63) is 141 Å². The van der Waals surface area contributed by atoms with Gasteiger partial charge in [-0.2, -0.15) is 0 Å². The summed E-state index contributed by atoms with van der Waals surface area (Å²) in [6.07, 6.45) is 2.09. The molecule has 1 aliphatic heterocycles. The first-order valence-electron chi connectivity index (χ1n) is 11.5. The van der Waals surface area contributed by atoms with Gasteiger partial charge in [-0.3, -0.25) is 0 Å². The molecule has 0 saturated carbocycles. The molecular weight excluding hydrogens is 505 g/mol. The number of nitrogens with two attached hydrogens (primary N) is 1. The second-order valence-electron chi connectivity index (χ2n) is 8.56. The summed E-state index contributed by atoms with van der Waals surface area (Å²) >= 11 is 14.2. The average molecular weight is 526 g/mol. The molecule has 36 heavy (non-hydrogen) atoms. The molecule has 6 heteroatoms. The van der Waals surface area contributed by atoms with Gasteiger partial charge < -0.3 is 10.6 Å². The van der Waals surface area contributed by atoms with E-state index in [1.807, 2.05) is 72.8 Å². The lowest BCUT2D eigenvalue weighted by molar-refractivity contribution is 0.858. The number of aromatic nitrogens is 1. The smallest absolute Gasteiger partial charge is 0.143 e. The van der Waals surface area contributed by atoms with Crippen LogP contribution in [0.15, 0.2) is 115 Å². The van der Waals surface area contributed by atoms with Crippen LogP contribution in [-0.2, 0) is 0 Å². The molecule has 0 aliphatic carbocycles. The minimum absolute atomic E-state index is 0.167. The van der Waals surface area contributed by atoms with Crippen LogP contribution < -0.4 is 10.6 Å². The summed E-state index contributed by atoms with van der Waals surface area (Å²) in [7, 11) is 0. The van der Waals surface area contributed by atoms with Crippen molar-refractivity contribution in [2.24, 2.45) is 5.73 Å². The van der Waals surface area contributed by atoms with Crippen molar-refractivity contribution in [3.8, 4) is 0 Å². The van der Waals surface area contributed by atoms with Gasteiger partial charge in [-0.1, -0.05) is 77.8 Å². The number of rotatable bonds is 4. The summed E-state index contributed by atoms with van der Waals surface area (Å²) < 4.78 is 1.12. The topological polar surface area (TPSA) is 42.1 Å². The Balaban J connectivity index is 1.64. The number of halogens is 2. The van der Waals surface area contributed by atoms with Gasteiger partial charge in [0, 0.05) is 15.7 Å². The van der Waals surface area contributed by atoms with Crippen LogP contribution in [0.4, 0.5) is 5.69 Å². The van der Waals surface area contributed by atoms with Gasteiger partial charge in [-0.15, -0.1) is 11.3 Å². The maximum Gasteiger partial charge on any atom is 0.143 e. The number of nitrogens with zero attached hydrogens (tertiary/aromatic N) is 2. The minimum atomic E-state index is -0.167. The van der Waals surface area contributed by atoms with Crippen LogP contribution in [0.3, 0.4) is 0 Å². The molecule has 1 aromatic heterocycles. The van der Waals surface area contributed by atoms with Gasteiger partial charge in [0.25, 0.3) is 0 Å². The Morgan fingerprint density at radius 2 is 1.39 bits per heavy atom. The molecule has 0 saturated heterocycles. The van der Waals surface area contributed by atoms with Crippen molar-refractivity contribution in [2.75, 3.05) is 4.90 Å². The first-order valence-corrected chi connectivity index (χ1v) is 13.1. The molecule has 0 fully saturated rings. The number of thiazole rings is 1. The van der Waals surface area contributed by atoms with Crippen LogP contribution in [0.1, 0.15) is 22.2 Å². The van der Waals surface area contributed by atoms with Gasteiger partial charge in [-0.05, 0) is 71.3 Å². The van der Waals surface area contributed by atoms with Crippen molar-refractivity contribution in [1.29, 1.82) is 0 Å². The highest BCUT2D eigenvalue weighted by atomic mass is 35.5. The first-order chi connectivity index (χ1) is 17.6. The molecule has 1 unspecified atom stereocenters. The molecule has 2 N–H and O–H groups in total. The van der Waals surface area contributed by atoms with Crippen molar-refractivity contribution in [3.63, 3.8) is 0 Å². The molecule has 1 atom stereocenters. The van der Waals surface area contributed by atoms with Crippen LogP contribution in [0.2, 0.25) is 10.0 Å². The highest BCUT2D eigenvalue weighted by Crippen LogP contribution is 2.48. The average Bonchev–Trinajstić information content (AvgIpc) is 3.33. The van der Waals surface area contributed by atoms with Crippen LogP contribution in [0.5, 0.6) is 0 Å². The quantitative estimate of drug-likeness (QED) is 0.255. The first kappa shape index (κ1) is 22.9. The predicted octanol–water partition coefficient (Wildman–Crippen LogP) is 8.58. The number of allylic oxidation sites excluding steroid dienone is 1. The van der Waals surface area contributed by atoms with E-state index in [1.54, 1.807) is 11.3 Å². The lowest BCUT2D eigenvalue weighted by atomic mass is 9.87. The maximum absolute atomic E-state index is 6.86. The molecule has 0 amide bonds. The van der Waals surface area contributed by atoms with Crippen LogP contribution in [0, 0.1) is 0 Å². The normalized spacial score (nSPS) is 15.9. The van der Waals surface area contributed by atoms with E-state index in [4.69, 9.17) is 33.9 Å². The lowest BCUT2D eigenvalue weighted by Gasteiger charge is -2.40. The van der Waals surface area contributed by atoms with Crippen LogP contribution in [-0.4, -0.2) is 4.98 Å². The second kappa shape index (κ2) is 9.47. The van der Waals surface area contributed by atoms with Crippen molar-refractivity contribution < 1.29 is 0 Å². The number of fused-ring (bicyclic) bond motifs is 1. The lowest BCUT2D eigenvalue weighted by Crippen LogP contribution is -2.33. The summed E-state index contributed by atoms with van der Waals surface area (Å²) in [5.41, 5.74) is 13.6. The predicted molar refractivity (Wildman–Crippen MR) is 153 cm³/mol. The Kier molecular flexibility index (Phi) is 6.02. The van der Waals surface area contributed by atoms with Crippen molar-refractivity contribution in [1.82, 2.24) is 4.98 Å². The van der Waals surface area contributed by atoms with E-state index < -0.39 is 0 Å². The molecule has 6 rings (SSSR count). The minimum Gasteiger partial charge on any atom is -0.397 e. The Morgan fingerprint density at radius 3 is 2.08 bits per heavy atom. The Hall–Kier alpha value is -3.57. The largest absolute Gasteiger partial charge is 0.397 e. The van der Waals surface area contributed by atoms with Gasteiger partial charge >= 0.3 is 0 Å². The molecule has 4 aromatic carbocycles. The van der Waals surface area contributed by atoms with Crippen LogP contribution >= 0.6 is 34.5 Å². The van der Waals surface area contributed by atoms with E-state index in [1.165, 1.54) is 0 Å². The van der Waals surface area contributed by atoms with Gasteiger partial charge in [0.1, 0.15) is 10.7 Å². The summed E-state index contributed by atoms with van der Waals surface area (Å²) in [6, 6.07) is 34.2. The number of hydrogen-bond acceptors (Lipinski definition) is 4. The zero-order chi connectivity index (χ0) is 24.6. The van der Waals surface area contributed by atoms with E-state index in [9.17, 15) is 0 Å².